The van der Waals surface area contributed by atoms with Crippen LogP contribution in [0.15, 0.2) is 59.5 Å². The summed E-state index contributed by atoms with van der Waals surface area (Å²) in [5.41, 5.74) is 0.984. The van der Waals surface area contributed by atoms with Crippen molar-refractivity contribution in [3.05, 3.63) is 65.7 Å². The van der Waals surface area contributed by atoms with Crippen LogP contribution < -0.4 is 5.32 Å². The van der Waals surface area contributed by atoms with Crippen molar-refractivity contribution >= 4 is 21.9 Å². The summed E-state index contributed by atoms with van der Waals surface area (Å²) in [6, 6.07) is 14.9. The van der Waals surface area contributed by atoms with Crippen LogP contribution >= 0.6 is 0 Å². The number of nitrogens with zero attached hydrogens (tertiary/aromatic N) is 1. The van der Waals surface area contributed by atoms with Gasteiger partial charge in [0.1, 0.15) is 13.2 Å². The second kappa shape index (κ2) is 10.0. The molecule has 2 atom stereocenters. The van der Waals surface area contributed by atoms with Gasteiger partial charge in [-0.05, 0) is 37.6 Å². The minimum Gasteiger partial charge on any atom is -0.460 e. The van der Waals surface area contributed by atoms with Crippen LogP contribution in [0.5, 0.6) is 0 Å². The number of benzene rings is 2. The van der Waals surface area contributed by atoms with Crippen molar-refractivity contribution < 1.29 is 27.5 Å². The number of nitrogens with one attached hydrogen (secondary N) is 1. The van der Waals surface area contributed by atoms with Crippen molar-refractivity contribution in [3.8, 4) is 0 Å². The second-order valence-corrected chi connectivity index (χ2v) is 9.37. The molecular weight excluding hydrogens is 420 g/mol. The van der Waals surface area contributed by atoms with Crippen molar-refractivity contribution in [2.45, 2.75) is 37.6 Å². The summed E-state index contributed by atoms with van der Waals surface area (Å²) in [7, 11) is -3.77. The van der Waals surface area contributed by atoms with Crippen LogP contribution in [0.25, 0.3) is 0 Å². The van der Waals surface area contributed by atoms with Crippen LogP contribution in [0.4, 0.5) is 0 Å². The predicted octanol–water partition coefficient (Wildman–Crippen LogP) is 1.96. The third-order valence-corrected chi connectivity index (χ3v) is 6.58. The van der Waals surface area contributed by atoms with Gasteiger partial charge in [0, 0.05) is 18.7 Å². The summed E-state index contributed by atoms with van der Waals surface area (Å²) in [4.78, 5) is 24.4. The molecule has 0 spiro atoms. The molecule has 3 rings (SSSR count). The molecule has 0 aliphatic carbocycles. The molecule has 1 saturated heterocycles. The molecule has 1 N–H and O–H groups in total. The van der Waals surface area contributed by atoms with E-state index >= 15 is 0 Å². The first-order valence-corrected chi connectivity index (χ1v) is 11.4. The topological polar surface area (TPSA) is 102 Å². The number of esters is 1. The number of carbonyl (C=O) groups is 2. The van der Waals surface area contributed by atoms with Gasteiger partial charge < -0.3 is 14.8 Å². The molecule has 1 aliphatic heterocycles. The molecular formula is C22H26N2O6S. The summed E-state index contributed by atoms with van der Waals surface area (Å²) < 4.78 is 38.1. The number of amides is 1. The lowest BCUT2D eigenvalue weighted by atomic mass is 10.2. The van der Waals surface area contributed by atoms with Crippen molar-refractivity contribution in [2.24, 2.45) is 0 Å². The van der Waals surface area contributed by atoms with Crippen LogP contribution in [0.2, 0.25) is 0 Å². The lowest BCUT2D eigenvalue weighted by Gasteiger charge is -2.34. The highest BCUT2D eigenvalue weighted by Gasteiger charge is 2.32. The third-order valence-electron chi connectivity index (χ3n) is 4.76. The fraction of sp³-hybridized carbons (Fsp3) is 0.364. The highest BCUT2D eigenvalue weighted by molar-refractivity contribution is 7.89. The van der Waals surface area contributed by atoms with E-state index in [1.807, 2.05) is 44.2 Å². The minimum absolute atomic E-state index is 0.0214. The first kappa shape index (κ1) is 22.9. The molecule has 2 aromatic carbocycles. The molecule has 1 amide bonds. The number of rotatable bonds is 7. The Balaban J connectivity index is 1.60. The summed E-state index contributed by atoms with van der Waals surface area (Å²) in [5.74, 6) is -1.14. The van der Waals surface area contributed by atoms with Crippen LogP contribution in [-0.4, -0.2) is 56.4 Å². The van der Waals surface area contributed by atoms with E-state index in [1.165, 1.54) is 28.6 Å². The lowest BCUT2D eigenvalue weighted by Crippen LogP contribution is -2.48. The van der Waals surface area contributed by atoms with Gasteiger partial charge in [-0.25, -0.2) is 8.42 Å². The predicted molar refractivity (Wildman–Crippen MR) is 114 cm³/mol. The zero-order valence-corrected chi connectivity index (χ0v) is 18.3. The zero-order chi connectivity index (χ0) is 22.4. The van der Waals surface area contributed by atoms with Gasteiger partial charge in [0.2, 0.25) is 10.0 Å². The van der Waals surface area contributed by atoms with Gasteiger partial charge in [-0.15, -0.1) is 0 Å². The largest absolute Gasteiger partial charge is 0.460 e. The number of morpholine rings is 1. The average Bonchev–Trinajstić information content (AvgIpc) is 2.76. The molecule has 1 aliphatic rings. The SMILES string of the molecule is CC1CN(S(=O)(=O)c2cccc(C(=O)NCC(=O)OCc3ccccc3)c2)CC(C)O1. The van der Waals surface area contributed by atoms with Crippen LogP contribution in [0.3, 0.4) is 0 Å². The first-order chi connectivity index (χ1) is 14.8. The van der Waals surface area contributed by atoms with Crippen molar-refractivity contribution in [1.29, 1.82) is 0 Å². The van der Waals surface area contributed by atoms with E-state index in [0.29, 0.717) is 0 Å². The van der Waals surface area contributed by atoms with Crippen molar-refractivity contribution in [1.82, 2.24) is 9.62 Å². The van der Waals surface area contributed by atoms with E-state index in [9.17, 15) is 18.0 Å². The fourth-order valence-electron chi connectivity index (χ4n) is 3.32. The molecule has 0 saturated carbocycles. The molecule has 2 aromatic rings. The standard InChI is InChI=1S/C22H26N2O6S/c1-16-13-24(14-17(2)30-16)31(27,28)20-10-6-9-19(11-20)22(26)23-12-21(25)29-15-18-7-4-3-5-8-18/h3-11,16-17H,12-15H2,1-2H3,(H,23,26). The number of hydrogen-bond donors (Lipinski definition) is 1. The maximum absolute atomic E-state index is 13.0. The molecule has 1 fully saturated rings. The third kappa shape index (κ3) is 6.13. The van der Waals surface area contributed by atoms with Crippen molar-refractivity contribution in [3.63, 3.8) is 0 Å². The van der Waals surface area contributed by atoms with E-state index in [0.717, 1.165) is 5.56 Å². The summed E-state index contributed by atoms with van der Waals surface area (Å²) in [5, 5.41) is 2.47. The zero-order valence-electron chi connectivity index (χ0n) is 17.5. The van der Waals surface area contributed by atoms with Gasteiger partial charge >= 0.3 is 5.97 Å². The molecule has 9 heteroatoms. The maximum atomic E-state index is 13.0. The van der Waals surface area contributed by atoms with E-state index in [-0.39, 0.29) is 48.9 Å². The van der Waals surface area contributed by atoms with E-state index in [4.69, 9.17) is 9.47 Å². The van der Waals surface area contributed by atoms with Crippen molar-refractivity contribution in [2.75, 3.05) is 19.6 Å². The van der Waals surface area contributed by atoms with E-state index < -0.39 is 21.9 Å². The number of hydrogen-bond acceptors (Lipinski definition) is 6. The smallest absolute Gasteiger partial charge is 0.325 e. The Bertz CT molecular complexity index is 1020. The first-order valence-electron chi connectivity index (χ1n) is 9.99. The Morgan fingerprint density at radius 1 is 1.06 bits per heavy atom. The van der Waals surface area contributed by atoms with Gasteiger partial charge in [0.25, 0.3) is 5.91 Å². The Kier molecular flexibility index (Phi) is 7.42. The van der Waals surface area contributed by atoms with Gasteiger partial charge in [0.15, 0.2) is 0 Å². The Morgan fingerprint density at radius 2 is 1.74 bits per heavy atom. The molecule has 0 aromatic heterocycles. The Hall–Kier alpha value is -2.75. The number of carbonyl (C=O) groups excluding carboxylic acids is 2. The fourth-order valence-corrected chi connectivity index (χ4v) is 4.95. The molecule has 1 heterocycles. The molecule has 31 heavy (non-hydrogen) atoms. The van der Waals surface area contributed by atoms with Gasteiger partial charge in [-0.3, -0.25) is 9.59 Å². The Labute approximate surface area is 182 Å². The van der Waals surface area contributed by atoms with Crippen LogP contribution in [0.1, 0.15) is 29.8 Å². The average molecular weight is 447 g/mol. The van der Waals surface area contributed by atoms with E-state index in [2.05, 4.69) is 5.32 Å². The number of sulfonamides is 1. The Morgan fingerprint density at radius 3 is 2.42 bits per heavy atom. The quantitative estimate of drug-likeness (QED) is 0.653. The molecule has 0 radical (unpaired) electrons. The summed E-state index contributed by atoms with van der Waals surface area (Å²) in [6.07, 6.45) is -0.432. The monoisotopic (exact) mass is 446 g/mol. The summed E-state index contributed by atoms with van der Waals surface area (Å²) >= 11 is 0. The molecule has 0 bridgehead atoms. The molecule has 166 valence electrons. The highest BCUT2D eigenvalue weighted by Crippen LogP contribution is 2.22. The van der Waals surface area contributed by atoms with Crippen LogP contribution in [0, 0.1) is 0 Å². The molecule has 2 unspecified atom stereocenters. The molecule has 8 nitrogen and oxygen atoms in total. The second-order valence-electron chi connectivity index (χ2n) is 7.44. The minimum atomic E-state index is -3.77. The normalized spacial score (nSPS) is 19.5. The number of ether oxygens (including phenoxy) is 2. The van der Waals surface area contributed by atoms with E-state index in [1.54, 1.807) is 0 Å². The van der Waals surface area contributed by atoms with Gasteiger partial charge in [-0.2, -0.15) is 4.31 Å². The van der Waals surface area contributed by atoms with Gasteiger partial charge in [-0.1, -0.05) is 36.4 Å². The summed E-state index contributed by atoms with van der Waals surface area (Å²) in [6.45, 7) is 3.92. The van der Waals surface area contributed by atoms with Gasteiger partial charge in [0.05, 0.1) is 17.1 Å². The maximum Gasteiger partial charge on any atom is 0.325 e. The highest BCUT2D eigenvalue weighted by atomic mass is 32.2. The van der Waals surface area contributed by atoms with Crippen LogP contribution in [-0.2, 0) is 30.9 Å². The lowest BCUT2D eigenvalue weighted by molar-refractivity contribution is -0.143.